The summed E-state index contributed by atoms with van der Waals surface area (Å²) in [6.07, 6.45) is 11.7. The lowest BCUT2D eigenvalue weighted by molar-refractivity contribution is -0.121. The van der Waals surface area contributed by atoms with Crippen molar-refractivity contribution in [3.63, 3.8) is 0 Å². The predicted molar refractivity (Wildman–Crippen MR) is 455 cm³/mol. The number of nitrogens with one attached hydrogen (secondary N) is 8. The first-order valence-electron chi connectivity index (χ1n) is 41.1. The molecule has 1 aliphatic heterocycles. The molecule has 40 nitrogen and oxygen atoms in total. The molecule has 666 valence electrons. The van der Waals surface area contributed by atoms with Crippen LogP contribution in [0, 0.1) is 19.8 Å². The highest BCUT2D eigenvalue weighted by molar-refractivity contribution is 6.07. The van der Waals surface area contributed by atoms with Crippen LogP contribution in [0.3, 0.4) is 0 Å². The first-order chi connectivity index (χ1) is 60.1. The Hall–Kier alpha value is -12.1. The first-order valence-corrected chi connectivity index (χ1v) is 41.1. The number of imidazole rings is 4. The molecule has 40 heteroatoms. The highest BCUT2D eigenvalue weighted by Gasteiger charge is 2.29. The largest absolute Gasteiger partial charge is 0.493 e. The van der Waals surface area contributed by atoms with Crippen molar-refractivity contribution in [1.82, 2.24) is 83.6 Å². The van der Waals surface area contributed by atoms with Crippen LogP contribution in [0.25, 0.3) is 33.1 Å². The van der Waals surface area contributed by atoms with E-state index in [4.69, 9.17) is 61.9 Å². The zero-order chi connectivity index (χ0) is 87.9. The summed E-state index contributed by atoms with van der Waals surface area (Å²) < 4.78 is 73.0. The van der Waals surface area contributed by atoms with Crippen molar-refractivity contribution >= 4 is 92.2 Å². The van der Waals surface area contributed by atoms with Crippen molar-refractivity contribution in [3.8, 4) is 16.9 Å². The summed E-state index contributed by atoms with van der Waals surface area (Å²) in [6, 6.07) is 17.5. The number of methoxy groups -OCH3 is 1. The number of carbonyl (C=O) groups is 8. The van der Waals surface area contributed by atoms with E-state index in [1.165, 1.54) is 55.2 Å². The normalized spacial score (nSPS) is 13.1. The number of fused-ring (bicyclic) bond motifs is 3. The Bertz CT molecular complexity index is 5200. The number of hydrogen-bond donors (Lipinski definition) is 8. The number of aryl methyl sites for hydroxylation is 7. The minimum atomic E-state index is -0.639. The molecule has 0 radical (unpaired) electrons. The van der Waals surface area contributed by atoms with Gasteiger partial charge in [-0.15, -0.1) is 0 Å². The lowest BCUT2D eigenvalue weighted by Crippen LogP contribution is -2.33. The standard InChI is InChI=1S/C84H111N21O19/c1-55-75(57(3)124-98-55)63-45-64-62(76-65(47-90-64)93-71(54-114-9)105(76)56(2)59-13-11-10-12-14-59)46-68(63)123-53-58-18-24-104(48-58)26-28-116-30-32-118-34-36-120-38-40-122-42-41-121-39-37-119-35-33-117-31-29-115-27-23-85-72(106)15-19-89-82(111)78-96-69(51-102(78)7)94-73(107)16-20-88-81(110)67-44-61(50-101(67)6)92-84(113)79-97-70(52-103(79)8)95-74(108)17-21-87-80(109)66-43-60(49-100(66)5)91-83(112)77-86-22-25-99(77)4/h10-14,22,25,43-47,49-52,56,58H,15-21,23-24,26-42,48,53-54H2,1-9H3,(H,85,106)(H,87,109)(H,88,110)(H,89,111)(H,91,112)(H,92,113)(H,94,107)(H,95,108)/t56-,58+/m1/s1. The van der Waals surface area contributed by atoms with Gasteiger partial charge in [0.15, 0.2) is 17.5 Å². The van der Waals surface area contributed by atoms with Gasteiger partial charge in [-0.2, -0.15) is 0 Å². The number of hydrogen-bond acceptors (Lipinski definition) is 26. The number of anilines is 4. The fraction of sp³-hybridized carbons (Fsp3) is 0.476. The van der Waals surface area contributed by atoms with E-state index in [0.29, 0.717) is 124 Å². The smallest absolute Gasteiger partial charge is 0.291 e. The summed E-state index contributed by atoms with van der Waals surface area (Å²) in [5.74, 6) is -0.996. The van der Waals surface area contributed by atoms with Gasteiger partial charge in [0.25, 0.3) is 29.5 Å². The van der Waals surface area contributed by atoms with Crippen molar-refractivity contribution in [2.45, 2.75) is 59.1 Å². The monoisotopic (exact) mass is 1720 g/mol. The van der Waals surface area contributed by atoms with Crippen LogP contribution >= 0.6 is 0 Å². The number of amides is 8. The van der Waals surface area contributed by atoms with Gasteiger partial charge in [0.05, 0.1) is 158 Å². The third-order valence-electron chi connectivity index (χ3n) is 20.1. The molecule has 0 bridgehead atoms. The SMILES string of the molecule is COCc1nc2cnc3cc(-c4c(C)noc4C)c(OC[C@H]4CCN(CCOCCOCCOCCOCCOCCOCCOCCOCCNC(=O)CCNC(=O)c5nc(NC(=O)CCNC(=O)c6cc(NC(=O)c7nc(NC(=O)CCNC(=O)c8cc(NC(=O)c9nccn9C)cn8C)cn7C)cn6C)cn5C)C4)cc3c2n1[C@H](C)c1ccccc1. The minimum absolute atomic E-state index is 0.00260. The maximum atomic E-state index is 13.3. The van der Waals surface area contributed by atoms with E-state index < -0.39 is 41.4 Å². The summed E-state index contributed by atoms with van der Waals surface area (Å²) in [5, 5.41) is 26.6. The molecule has 10 aromatic rings. The van der Waals surface area contributed by atoms with Gasteiger partial charge in [0.1, 0.15) is 40.8 Å². The molecule has 0 aliphatic carbocycles. The fourth-order valence-electron chi connectivity index (χ4n) is 13.9. The molecule has 9 heterocycles. The molecule has 2 atom stereocenters. The van der Waals surface area contributed by atoms with Crippen LogP contribution in [0.4, 0.5) is 23.0 Å². The van der Waals surface area contributed by atoms with Gasteiger partial charge in [-0.1, -0.05) is 35.5 Å². The van der Waals surface area contributed by atoms with Crippen LogP contribution in [0.1, 0.15) is 114 Å². The first kappa shape index (κ1) is 92.6. The molecular formula is C84H111N21O19. The number of pyridine rings is 1. The van der Waals surface area contributed by atoms with Crippen LogP contribution in [0.2, 0.25) is 0 Å². The zero-order valence-corrected chi connectivity index (χ0v) is 71.5. The quantitative estimate of drug-likeness (QED) is 0.0225. The van der Waals surface area contributed by atoms with Gasteiger partial charge in [0.2, 0.25) is 29.4 Å². The number of nitrogens with zero attached hydrogens (tertiary/aromatic N) is 13. The molecule has 8 N–H and O–H groups in total. The van der Waals surface area contributed by atoms with Crippen molar-refractivity contribution in [2.24, 2.45) is 41.2 Å². The van der Waals surface area contributed by atoms with Gasteiger partial charge >= 0.3 is 0 Å². The van der Waals surface area contributed by atoms with Crippen molar-refractivity contribution < 1.29 is 90.2 Å². The van der Waals surface area contributed by atoms with Crippen molar-refractivity contribution in [3.05, 3.63) is 150 Å². The van der Waals surface area contributed by atoms with E-state index >= 15 is 0 Å². The van der Waals surface area contributed by atoms with Crippen LogP contribution < -0.4 is 47.3 Å². The Morgan fingerprint density at radius 1 is 0.524 bits per heavy atom. The molecule has 0 spiro atoms. The number of likely N-dealkylation sites (tertiary alicyclic amines) is 1. The Balaban J connectivity index is 0.444. The Morgan fingerprint density at radius 2 is 1.04 bits per heavy atom. The third-order valence-corrected chi connectivity index (χ3v) is 20.1. The lowest BCUT2D eigenvalue weighted by Gasteiger charge is -2.20. The molecule has 1 aliphatic rings. The predicted octanol–water partition coefficient (Wildman–Crippen LogP) is 5.28. The van der Waals surface area contributed by atoms with Crippen LogP contribution in [-0.2, 0) is 98.9 Å². The fourth-order valence-corrected chi connectivity index (χ4v) is 13.9. The molecule has 8 aromatic heterocycles. The minimum Gasteiger partial charge on any atom is -0.493 e. The average Bonchev–Trinajstić information content (AvgIpc) is 1.54. The number of benzene rings is 2. The molecule has 1 saturated heterocycles. The molecule has 2 aromatic carbocycles. The second-order valence-corrected chi connectivity index (χ2v) is 29.4. The molecule has 11 rings (SSSR count). The van der Waals surface area contributed by atoms with E-state index in [-0.39, 0.29) is 110 Å². The molecule has 0 saturated carbocycles. The maximum absolute atomic E-state index is 13.3. The summed E-state index contributed by atoms with van der Waals surface area (Å²) in [4.78, 5) is 128. The van der Waals surface area contributed by atoms with Gasteiger partial charge in [-0.3, -0.25) is 43.3 Å². The number of rotatable bonds is 53. The Morgan fingerprint density at radius 3 is 1.56 bits per heavy atom. The Kier molecular flexibility index (Phi) is 35.1. The van der Waals surface area contributed by atoms with Crippen LogP contribution in [0.5, 0.6) is 5.75 Å². The average molecular weight is 1720 g/mol. The molecule has 0 unspecified atom stereocenters. The summed E-state index contributed by atoms with van der Waals surface area (Å²) in [6.45, 7) is 16.6. The molecule has 124 heavy (non-hydrogen) atoms. The summed E-state index contributed by atoms with van der Waals surface area (Å²) in [5.41, 5.74) is 7.40. The number of ether oxygens (including phenoxy) is 10. The van der Waals surface area contributed by atoms with Gasteiger partial charge in [-0.25, -0.2) is 19.9 Å². The third kappa shape index (κ3) is 26.7. The van der Waals surface area contributed by atoms with E-state index in [2.05, 4.69) is 115 Å². The number of carbonyl (C=O) groups excluding carboxylic acids is 8. The molecule has 8 amide bonds. The molecule has 1 fully saturated rings. The maximum Gasteiger partial charge on any atom is 0.291 e. The van der Waals surface area contributed by atoms with Gasteiger partial charge < -0.3 is 127 Å². The second kappa shape index (κ2) is 46.9. The van der Waals surface area contributed by atoms with Crippen LogP contribution in [0.15, 0.2) is 102 Å². The Labute approximate surface area is 716 Å². The summed E-state index contributed by atoms with van der Waals surface area (Å²) in [7, 11) is 9.74. The zero-order valence-electron chi connectivity index (χ0n) is 71.5. The second-order valence-electron chi connectivity index (χ2n) is 29.4. The number of aromatic nitrogens is 12. The van der Waals surface area contributed by atoms with Crippen molar-refractivity contribution in [1.29, 1.82) is 0 Å². The van der Waals surface area contributed by atoms with Crippen molar-refractivity contribution in [2.75, 3.05) is 187 Å². The lowest BCUT2D eigenvalue weighted by atomic mass is 10.00. The van der Waals surface area contributed by atoms with Gasteiger partial charge in [-0.05, 0) is 63.6 Å². The van der Waals surface area contributed by atoms with E-state index in [1.54, 1.807) is 59.3 Å². The van der Waals surface area contributed by atoms with Crippen LogP contribution in [-0.4, -0.2) is 275 Å². The highest BCUT2D eigenvalue weighted by atomic mass is 16.6. The van der Waals surface area contributed by atoms with E-state index in [1.807, 2.05) is 26.1 Å². The summed E-state index contributed by atoms with van der Waals surface area (Å²) >= 11 is 0. The van der Waals surface area contributed by atoms with E-state index in [0.717, 1.165) is 87.7 Å². The highest BCUT2D eigenvalue weighted by Crippen LogP contribution is 2.41. The topological polar surface area (TPSA) is 448 Å². The van der Waals surface area contributed by atoms with E-state index in [9.17, 15) is 38.4 Å². The van der Waals surface area contributed by atoms with Gasteiger partial charge in [0, 0.05) is 155 Å². The molecular weight excluding hydrogens is 1610 g/mol.